The summed E-state index contributed by atoms with van der Waals surface area (Å²) in [4.78, 5) is 3.27. The van der Waals surface area contributed by atoms with Crippen LogP contribution in [0.3, 0.4) is 0 Å². The van der Waals surface area contributed by atoms with Gasteiger partial charge in [0, 0.05) is 27.5 Å². The molecular formula is C11H12BrNO. The molecule has 1 unspecified atom stereocenters. The minimum atomic E-state index is -0.300. The third kappa shape index (κ3) is 1.99. The van der Waals surface area contributed by atoms with Gasteiger partial charge < -0.3 is 10.1 Å². The summed E-state index contributed by atoms with van der Waals surface area (Å²) in [6.07, 6.45) is 0.373. The van der Waals surface area contributed by atoms with Crippen LogP contribution in [-0.2, 0) is 6.42 Å². The Labute approximate surface area is 91.1 Å². The number of aromatic nitrogens is 1. The molecule has 1 aromatic carbocycles. The molecule has 2 aromatic rings. The highest BCUT2D eigenvalue weighted by molar-refractivity contribution is 9.10. The van der Waals surface area contributed by atoms with E-state index in [1.807, 2.05) is 12.1 Å². The molecule has 0 aliphatic heterocycles. The van der Waals surface area contributed by atoms with Gasteiger partial charge in [0.25, 0.3) is 0 Å². The predicted octanol–water partition coefficient (Wildman–Crippen LogP) is 2.85. The van der Waals surface area contributed by atoms with Crippen molar-refractivity contribution in [3.63, 3.8) is 0 Å². The number of nitrogens with one attached hydrogen (secondary N) is 1. The summed E-state index contributed by atoms with van der Waals surface area (Å²) in [5.41, 5.74) is 2.19. The second kappa shape index (κ2) is 3.75. The Morgan fingerprint density at radius 3 is 2.93 bits per heavy atom. The van der Waals surface area contributed by atoms with E-state index in [4.69, 9.17) is 0 Å². The lowest BCUT2D eigenvalue weighted by Crippen LogP contribution is -2.03. The third-order valence-electron chi connectivity index (χ3n) is 2.15. The molecule has 74 valence electrons. The van der Waals surface area contributed by atoms with Crippen LogP contribution in [0.15, 0.2) is 28.7 Å². The summed E-state index contributed by atoms with van der Waals surface area (Å²) >= 11 is 3.43. The number of hydrogen-bond acceptors (Lipinski definition) is 1. The van der Waals surface area contributed by atoms with Crippen molar-refractivity contribution in [2.45, 2.75) is 19.4 Å². The van der Waals surface area contributed by atoms with Gasteiger partial charge in [0.15, 0.2) is 0 Å². The first kappa shape index (κ1) is 9.74. The standard InChI is InChI=1S/C11H12BrNO/c1-7(14)4-10-6-8-5-9(12)2-3-11(8)13-10/h2-3,5-7,13-14H,4H2,1H3. The summed E-state index contributed by atoms with van der Waals surface area (Å²) in [6.45, 7) is 1.79. The second-order valence-corrected chi connectivity index (χ2v) is 4.49. The first-order chi connectivity index (χ1) is 6.65. The van der Waals surface area contributed by atoms with Crippen molar-refractivity contribution in [1.29, 1.82) is 0 Å². The van der Waals surface area contributed by atoms with Crippen molar-refractivity contribution in [3.8, 4) is 0 Å². The highest BCUT2D eigenvalue weighted by Crippen LogP contribution is 2.20. The highest BCUT2D eigenvalue weighted by atomic mass is 79.9. The van der Waals surface area contributed by atoms with E-state index in [2.05, 4.69) is 33.0 Å². The van der Waals surface area contributed by atoms with Gasteiger partial charge in [-0.05, 0) is 31.2 Å². The third-order valence-corrected chi connectivity index (χ3v) is 2.65. The molecule has 2 nitrogen and oxygen atoms in total. The molecule has 1 atom stereocenters. The van der Waals surface area contributed by atoms with Crippen molar-refractivity contribution in [2.75, 3.05) is 0 Å². The van der Waals surface area contributed by atoms with Gasteiger partial charge in [-0.1, -0.05) is 15.9 Å². The van der Waals surface area contributed by atoms with Gasteiger partial charge in [-0.3, -0.25) is 0 Å². The predicted molar refractivity (Wildman–Crippen MR) is 61.4 cm³/mol. The molecule has 0 aliphatic rings. The average molecular weight is 254 g/mol. The van der Waals surface area contributed by atoms with Crippen LogP contribution in [0.4, 0.5) is 0 Å². The maximum atomic E-state index is 9.26. The Morgan fingerprint density at radius 1 is 1.43 bits per heavy atom. The Bertz CT molecular complexity index is 447. The Balaban J connectivity index is 2.41. The minimum absolute atomic E-state index is 0.300. The van der Waals surface area contributed by atoms with Gasteiger partial charge in [-0.25, -0.2) is 0 Å². The quantitative estimate of drug-likeness (QED) is 0.849. The molecule has 0 fully saturated rings. The minimum Gasteiger partial charge on any atom is -0.393 e. The fourth-order valence-electron chi connectivity index (χ4n) is 1.59. The molecule has 3 heteroatoms. The van der Waals surface area contributed by atoms with E-state index in [0.29, 0.717) is 6.42 Å². The maximum absolute atomic E-state index is 9.26. The fourth-order valence-corrected chi connectivity index (χ4v) is 1.97. The number of aliphatic hydroxyl groups excluding tert-OH is 1. The van der Waals surface area contributed by atoms with Crippen molar-refractivity contribution < 1.29 is 5.11 Å². The van der Waals surface area contributed by atoms with Crippen molar-refractivity contribution in [3.05, 3.63) is 34.4 Å². The maximum Gasteiger partial charge on any atom is 0.0566 e. The lowest BCUT2D eigenvalue weighted by molar-refractivity contribution is 0.194. The molecule has 0 saturated heterocycles. The van der Waals surface area contributed by atoms with Crippen LogP contribution in [0, 0.1) is 0 Å². The topological polar surface area (TPSA) is 36.0 Å². The molecule has 0 bridgehead atoms. The van der Waals surface area contributed by atoms with E-state index in [1.54, 1.807) is 6.92 Å². The van der Waals surface area contributed by atoms with Gasteiger partial charge in [0.1, 0.15) is 0 Å². The van der Waals surface area contributed by atoms with Crippen LogP contribution >= 0.6 is 15.9 Å². The summed E-state index contributed by atoms with van der Waals surface area (Å²) in [7, 11) is 0. The van der Waals surface area contributed by atoms with Gasteiger partial charge in [0.2, 0.25) is 0 Å². The molecule has 1 heterocycles. The number of aliphatic hydroxyl groups is 1. The number of benzene rings is 1. The molecule has 0 saturated carbocycles. The normalized spacial score (nSPS) is 13.4. The lowest BCUT2D eigenvalue weighted by atomic mass is 10.2. The zero-order chi connectivity index (χ0) is 10.1. The van der Waals surface area contributed by atoms with Gasteiger partial charge in [0.05, 0.1) is 6.10 Å². The van der Waals surface area contributed by atoms with E-state index in [9.17, 15) is 5.11 Å². The first-order valence-corrected chi connectivity index (χ1v) is 5.39. The number of halogens is 1. The van der Waals surface area contributed by atoms with Gasteiger partial charge >= 0.3 is 0 Å². The summed E-state index contributed by atoms with van der Waals surface area (Å²) < 4.78 is 1.08. The van der Waals surface area contributed by atoms with E-state index in [-0.39, 0.29) is 6.10 Å². The van der Waals surface area contributed by atoms with E-state index in [0.717, 1.165) is 15.7 Å². The number of rotatable bonds is 2. The molecule has 1 aromatic heterocycles. The van der Waals surface area contributed by atoms with Gasteiger partial charge in [-0.2, -0.15) is 0 Å². The highest BCUT2D eigenvalue weighted by Gasteiger charge is 2.03. The van der Waals surface area contributed by atoms with E-state index >= 15 is 0 Å². The number of fused-ring (bicyclic) bond motifs is 1. The van der Waals surface area contributed by atoms with Crippen molar-refractivity contribution >= 4 is 26.8 Å². The van der Waals surface area contributed by atoms with Crippen LogP contribution in [0.1, 0.15) is 12.6 Å². The van der Waals surface area contributed by atoms with Crippen LogP contribution in [0.25, 0.3) is 10.9 Å². The lowest BCUT2D eigenvalue weighted by Gasteiger charge is -1.99. The zero-order valence-corrected chi connectivity index (χ0v) is 9.51. The molecule has 2 N–H and O–H groups in total. The summed E-state index contributed by atoms with van der Waals surface area (Å²) in [5.74, 6) is 0. The monoisotopic (exact) mass is 253 g/mol. The smallest absolute Gasteiger partial charge is 0.0566 e. The molecule has 0 spiro atoms. The van der Waals surface area contributed by atoms with E-state index in [1.165, 1.54) is 5.39 Å². The van der Waals surface area contributed by atoms with Crippen LogP contribution in [-0.4, -0.2) is 16.2 Å². The number of H-pyrrole nitrogens is 1. The molecule has 14 heavy (non-hydrogen) atoms. The number of aromatic amines is 1. The molecule has 0 radical (unpaired) electrons. The summed E-state index contributed by atoms with van der Waals surface area (Å²) in [5, 5.41) is 10.4. The van der Waals surface area contributed by atoms with Crippen LogP contribution in [0.5, 0.6) is 0 Å². The largest absolute Gasteiger partial charge is 0.393 e. The number of hydrogen-bond donors (Lipinski definition) is 2. The van der Waals surface area contributed by atoms with Crippen LogP contribution in [0.2, 0.25) is 0 Å². The second-order valence-electron chi connectivity index (χ2n) is 3.58. The first-order valence-electron chi connectivity index (χ1n) is 4.60. The average Bonchev–Trinajstić information content (AvgIpc) is 2.44. The molecule has 0 amide bonds. The van der Waals surface area contributed by atoms with Crippen molar-refractivity contribution in [2.24, 2.45) is 0 Å². The van der Waals surface area contributed by atoms with E-state index < -0.39 is 0 Å². The summed E-state index contributed by atoms with van der Waals surface area (Å²) in [6, 6.07) is 8.18. The SMILES string of the molecule is CC(O)Cc1cc2cc(Br)ccc2[nH]1. The molecular weight excluding hydrogens is 242 g/mol. The fraction of sp³-hybridized carbons (Fsp3) is 0.273. The Kier molecular flexibility index (Phi) is 2.61. The molecule has 0 aliphatic carbocycles. The van der Waals surface area contributed by atoms with Crippen LogP contribution < -0.4 is 0 Å². The Hall–Kier alpha value is -0.800. The Morgan fingerprint density at radius 2 is 2.21 bits per heavy atom. The van der Waals surface area contributed by atoms with Gasteiger partial charge in [-0.15, -0.1) is 0 Å². The molecule has 2 rings (SSSR count). The zero-order valence-electron chi connectivity index (χ0n) is 7.92. The van der Waals surface area contributed by atoms with Crippen molar-refractivity contribution in [1.82, 2.24) is 4.98 Å².